The minimum Gasteiger partial charge on any atom is -0.467 e. The number of guanidine groups is 1. The van der Waals surface area contributed by atoms with E-state index < -0.39 is 0 Å². The van der Waals surface area contributed by atoms with Gasteiger partial charge in [-0.25, -0.2) is 4.39 Å². The molecule has 0 bridgehead atoms. The normalized spacial score (nSPS) is 19.0. The summed E-state index contributed by atoms with van der Waals surface area (Å²) in [6, 6.07) is 13.7. The number of rotatable bonds is 5. The van der Waals surface area contributed by atoms with Gasteiger partial charge < -0.3 is 19.7 Å². The van der Waals surface area contributed by atoms with Crippen molar-refractivity contribution in [2.24, 2.45) is 10.9 Å². The molecule has 0 saturated carbocycles. The second-order valence-electron chi connectivity index (χ2n) is 7.68. The Labute approximate surface area is 171 Å². The highest BCUT2D eigenvalue weighted by Crippen LogP contribution is 2.29. The Bertz CT molecular complexity index is 857. The third kappa shape index (κ3) is 4.88. The van der Waals surface area contributed by atoms with Gasteiger partial charge in [-0.05, 0) is 48.4 Å². The maximum Gasteiger partial charge on any atom is 0.193 e. The van der Waals surface area contributed by atoms with Crippen molar-refractivity contribution in [1.29, 1.82) is 0 Å². The molecule has 2 aromatic carbocycles. The van der Waals surface area contributed by atoms with Gasteiger partial charge in [0.05, 0.1) is 6.61 Å². The Kier molecular flexibility index (Phi) is 6.30. The number of likely N-dealkylation sites (tertiary alicyclic amines) is 1. The number of halogens is 1. The van der Waals surface area contributed by atoms with Gasteiger partial charge in [0.1, 0.15) is 11.6 Å². The zero-order valence-corrected chi connectivity index (χ0v) is 16.9. The number of ether oxygens (including phenoxy) is 2. The van der Waals surface area contributed by atoms with Crippen LogP contribution in [0.1, 0.15) is 23.1 Å². The van der Waals surface area contributed by atoms with Gasteiger partial charge >= 0.3 is 0 Å². The molecule has 2 aliphatic rings. The molecule has 6 heteroatoms. The molecule has 1 fully saturated rings. The summed E-state index contributed by atoms with van der Waals surface area (Å²) in [5.41, 5.74) is 3.04. The van der Waals surface area contributed by atoms with E-state index >= 15 is 0 Å². The molecule has 5 nitrogen and oxygen atoms in total. The zero-order chi connectivity index (χ0) is 20.1. The van der Waals surface area contributed by atoms with E-state index in [1.165, 1.54) is 18.1 Å². The molecule has 0 aliphatic carbocycles. The number of hydrogen-bond donors (Lipinski definition) is 1. The Balaban J connectivity index is 1.31. The average Bonchev–Trinajstić information content (AvgIpc) is 3.20. The SMILES string of the molecule is CN=C(NCCc1cc(F)cc2c1OCOC2)N1CCC(Cc2ccccc2)C1. The predicted molar refractivity (Wildman–Crippen MR) is 112 cm³/mol. The van der Waals surface area contributed by atoms with E-state index in [1.54, 1.807) is 6.07 Å². The van der Waals surface area contributed by atoms with Crippen molar-refractivity contribution in [3.8, 4) is 5.75 Å². The fourth-order valence-corrected chi connectivity index (χ4v) is 4.22. The molecule has 0 aromatic heterocycles. The number of nitrogens with zero attached hydrogens (tertiary/aromatic N) is 2. The topological polar surface area (TPSA) is 46.1 Å². The molecule has 4 rings (SSSR count). The summed E-state index contributed by atoms with van der Waals surface area (Å²) in [6.45, 7) is 3.30. The van der Waals surface area contributed by atoms with Crippen LogP contribution in [0, 0.1) is 11.7 Å². The van der Waals surface area contributed by atoms with Gasteiger partial charge in [0.2, 0.25) is 0 Å². The molecule has 29 heavy (non-hydrogen) atoms. The molecule has 0 amide bonds. The zero-order valence-electron chi connectivity index (χ0n) is 16.9. The molecular weight excluding hydrogens is 369 g/mol. The van der Waals surface area contributed by atoms with Crippen molar-refractivity contribution in [2.75, 3.05) is 33.5 Å². The summed E-state index contributed by atoms with van der Waals surface area (Å²) in [5.74, 6) is 2.06. The summed E-state index contributed by atoms with van der Waals surface area (Å²) in [7, 11) is 1.82. The molecule has 154 valence electrons. The lowest BCUT2D eigenvalue weighted by atomic mass is 9.99. The number of fused-ring (bicyclic) bond motifs is 1. The highest BCUT2D eigenvalue weighted by atomic mass is 19.1. The van der Waals surface area contributed by atoms with E-state index in [0.717, 1.165) is 42.3 Å². The summed E-state index contributed by atoms with van der Waals surface area (Å²) < 4.78 is 24.8. The first-order valence-electron chi connectivity index (χ1n) is 10.2. The van der Waals surface area contributed by atoms with E-state index in [2.05, 4.69) is 45.5 Å². The number of aliphatic imine (C=N–C) groups is 1. The van der Waals surface area contributed by atoms with Gasteiger partial charge in [0.25, 0.3) is 0 Å². The fourth-order valence-electron chi connectivity index (χ4n) is 4.22. The van der Waals surface area contributed by atoms with Crippen LogP contribution in [0.3, 0.4) is 0 Å². The number of nitrogens with one attached hydrogen (secondary N) is 1. The lowest BCUT2D eigenvalue weighted by Crippen LogP contribution is -2.41. The van der Waals surface area contributed by atoms with E-state index in [0.29, 0.717) is 25.5 Å². The second-order valence-corrected chi connectivity index (χ2v) is 7.68. The first-order chi connectivity index (χ1) is 14.2. The molecular formula is C23H28FN3O2. The van der Waals surface area contributed by atoms with Crippen LogP contribution in [-0.2, 0) is 24.2 Å². The highest BCUT2D eigenvalue weighted by Gasteiger charge is 2.25. The Morgan fingerprint density at radius 3 is 2.97 bits per heavy atom. The Morgan fingerprint density at radius 2 is 2.14 bits per heavy atom. The maximum absolute atomic E-state index is 13.9. The molecule has 2 aliphatic heterocycles. The predicted octanol–water partition coefficient (Wildman–Crippen LogP) is 3.37. The summed E-state index contributed by atoms with van der Waals surface area (Å²) in [5, 5.41) is 3.44. The van der Waals surface area contributed by atoms with E-state index in [1.807, 2.05) is 7.05 Å². The van der Waals surface area contributed by atoms with Gasteiger partial charge in [0, 0.05) is 32.2 Å². The van der Waals surface area contributed by atoms with E-state index in [4.69, 9.17) is 9.47 Å². The van der Waals surface area contributed by atoms with Gasteiger partial charge in [-0.2, -0.15) is 0 Å². The molecule has 1 N–H and O–H groups in total. The van der Waals surface area contributed by atoms with Crippen LogP contribution in [0.2, 0.25) is 0 Å². The molecule has 2 heterocycles. The highest BCUT2D eigenvalue weighted by molar-refractivity contribution is 5.80. The smallest absolute Gasteiger partial charge is 0.193 e. The Hall–Kier alpha value is -2.60. The monoisotopic (exact) mass is 397 g/mol. The quantitative estimate of drug-likeness (QED) is 0.621. The summed E-state index contributed by atoms with van der Waals surface area (Å²) >= 11 is 0. The third-order valence-corrected chi connectivity index (χ3v) is 5.59. The van der Waals surface area contributed by atoms with Crippen LogP contribution in [0.5, 0.6) is 5.75 Å². The number of hydrogen-bond acceptors (Lipinski definition) is 3. The van der Waals surface area contributed by atoms with Crippen LogP contribution >= 0.6 is 0 Å². The molecule has 1 unspecified atom stereocenters. The summed E-state index contributed by atoms with van der Waals surface area (Å²) in [6.07, 6.45) is 2.93. The van der Waals surface area contributed by atoms with Gasteiger partial charge in [-0.1, -0.05) is 30.3 Å². The standard InChI is InChI=1S/C23H28FN3O2/c1-25-23(27-10-8-18(14-27)11-17-5-3-2-4-6-17)26-9-7-19-12-21(24)13-20-15-28-16-29-22(19)20/h2-6,12-13,18H,7-11,14-16H2,1H3,(H,25,26). The van der Waals surface area contributed by atoms with Crippen molar-refractivity contribution in [2.45, 2.75) is 25.9 Å². The number of benzene rings is 2. The lowest BCUT2D eigenvalue weighted by molar-refractivity contribution is -0.0172. The lowest BCUT2D eigenvalue weighted by Gasteiger charge is -2.23. The minimum atomic E-state index is -0.250. The van der Waals surface area contributed by atoms with Crippen LogP contribution in [0.25, 0.3) is 0 Å². The maximum atomic E-state index is 13.9. The van der Waals surface area contributed by atoms with Crippen LogP contribution < -0.4 is 10.1 Å². The van der Waals surface area contributed by atoms with E-state index in [9.17, 15) is 4.39 Å². The average molecular weight is 397 g/mol. The van der Waals surface area contributed by atoms with Crippen molar-refractivity contribution in [3.63, 3.8) is 0 Å². The molecule has 0 radical (unpaired) electrons. The second kappa shape index (κ2) is 9.27. The van der Waals surface area contributed by atoms with Gasteiger partial charge in [-0.3, -0.25) is 4.99 Å². The van der Waals surface area contributed by atoms with E-state index in [-0.39, 0.29) is 12.6 Å². The Morgan fingerprint density at radius 1 is 1.28 bits per heavy atom. The fraction of sp³-hybridized carbons (Fsp3) is 0.435. The van der Waals surface area contributed by atoms with Crippen LogP contribution in [0.15, 0.2) is 47.5 Å². The molecule has 1 atom stereocenters. The minimum absolute atomic E-state index is 0.220. The largest absolute Gasteiger partial charge is 0.467 e. The first-order valence-corrected chi connectivity index (χ1v) is 10.2. The van der Waals surface area contributed by atoms with Crippen molar-refractivity contribution in [3.05, 3.63) is 65.0 Å². The van der Waals surface area contributed by atoms with Crippen molar-refractivity contribution < 1.29 is 13.9 Å². The summed E-state index contributed by atoms with van der Waals surface area (Å²) in [4.78, 5) is 6.77. The van der Waals surface area contributed by atoms with Crippen LogP contribution in [-0.4, -0.2) is 44.3 Å². The van der Waals surface area contributed by atoms with Crippen molar-refractivity contribution >= 4 is 5.96 Å². The van der Waals surface area contributed by atoms with Gasteiger partial charge in [-0.15, -0.1) is 0 Å². The molecule has 0 spiro atoms. The third-order valence-electron chi connectivity index (χ3n) is 5.59. The molecule has 2 aromatic rings. The van der Waals surface area contributed by atoms with Crippen LogP contribution in [0.4, 0.5) is 4.39 Å². The molecule has 1 saturated heterocycles. The van der Waals surface area contributed by atoms with Crippen molar-refractivity contribution in [1.82, 2.24) is 10.2 Å². The first kappa shape index (κ1) is 19.7. The van der Waals surface area contributed by atoms with Gasteiger partial charge in [0.15, 0.2) is 12.8 Å².